The van der Waals surface area contributed by atoms with E-state index in [0.29, 0.717) is 21.7 Å². The summed E-state index contributed by atoms with van der Waals surface area (Å²) in [5.41, 5.74) is 8.53. The normalized spacial score (nSPS) is 13.7. The zero-order valence-corrected chi connectivity index (χ0v) is 11.7. The third-order valence-corrected chi connectivity index (χ3v) is 4.40. The Morgan fingerprint density at radius 1 is 1.28 bits per heavy atom. The molecule has 2 aromatic rings. The topological polar surface area (TPSA) is 51.8 Å². The van der Waals surface area contributed by atoms with Crippen molar-refractivity contribution in [2.75, 3.05) is 5.73 Å². The van der Waals surface area contributed by atoms with Gasteiger partial charge in [0.25, 0.3) is 0 Å². The predicted octanol–water partition coefficient (Wildman–Crippen LogP) is 3.37. The van der Waals surface area contributed by atoms with Crippen LogP contribution in [-0.2, 0) is 11.5 Å². The van der Waals surface area contributed by atoms with Crippen molar-refractivity contribution in [3.05, 3.63) is 39.7 Å². The Hall–Kier alpha value is -1.14. The number of halogens is 2. The van der Waals surface area contributed by atoms with Crippen LogP contribution in [0.15, 0.2) is 22.7 Å². The molecule has 2 heterocycles. The van der Waals surface area contributed by atoms with Crippen molar-refractivity contribution in [2.45, 2.75) is 11.5 Å². The van der Waals surface area contributed by atoms with Gasteiger partial charge in [0.05, 0.1) is 10.2 Å². The molecule has 3 rings (SSSR count). The van der Waals surface area contributed by atoms with Crippen LogP contribution in [0.3, 0.4) is 0 Å². The average molecular weight is 326 g/mol. The molecule has 0 saturated heterocycles. The van der Waals surface area contributed by atoms with Crippen molar-refractivity contribution >= 4 is 33.5 Å². The number of fused-ring (bicyclic) bond motifs is 1. The first-order valence-corrected chi connectivity index (χ1v) is 7.28. The largest absolute Gasteiger partial charge is 0.383 e. The van der Waals surface area contributed by atoms with Gasteiger partial charge in [-0.05, 0) is 34.1 Å². The van der Waals surface area contributed by atoms with E-state index in [1.807, 2.05) is 0 Å². The lowest BCUT2D eigenvalue weighted by molar-refractivity contribution is 0.621. The quantitative estimate of drug-likeness (QED) is 0.873. The van der Waals surface area contributed by atoms with Crippen LogP contribution in [0.25, 0.3) is 11.4 Å². The minimum Gasteiger partial charge on any atom is -0.383 e. The zero-order chi connectivity index (χ0) is 12.7. The molecule has 0 fully saturated rings. The maximum atomic E-state index is 13.5. The molecule has 0 amide bonds. The summed E-state index contributed by atoms with van der Waals surface area (Å²) in [5.74, 6) is 2.36. The van der Waals surface area contributed by atoms with E-state index in [0.717, 1.165) is 22.8 Å². The molecular weight excluding hydrogens is 317 g/mol. The number of anilines is 1. The van der Waals surface area contributed by atoms with Crippen molar-refractivity contribution in [1.82, 2.24) is 9.97 Å². The van der Waals surface area contributed by atoms with Gasteiger partial charge in [0.1, 0.15) is 11.6 Å². The van der Waals surface area contributed by atoms with E-state index in [1.165, 1.54) is 6.07 Å². The van der Waals surface area contributed by atoms with Crippen LogP contribution in [-0.4, -0.2) is 9.97 Å². The Bertz CT molecular complexity index is 633. The second kappa shape index (κ2) is 4.51. The van der Waals surface area contributed by atoms with Crippen LogP contribution < -0.4 is 5.73 Å². The Balaban J connectivity index is 2.12. The van der Waals surface area contributed by atoms with E-state index < -0.39 is 0 Å². The maximum Gasteiger partial charge on any atom is 0.161 e. The average Bonchev–Trinajstić information content (AvgIpc) is 2.81. The summed E-state index contributed by atoms with van der Waals surface area (Å²) in [6.07, 6.45) is 0. The first-order valence-electron chi connectivity index (χ1n) is 5.33. The molecular formula is C12H9BrFN3S. The Kier molecular flexibility index (Phi) is 2.99. The van der Waals surface area contributed by atoms with Crippen LogP contribution in [0, 0.1) is 5.82 Å². The first kappa shape index (κ1) is 11.9. The van der Waals surface area contributed by atoms with Gasteiger partial charge in [-0.25, -0.2) is 14.4 Å². The van der Waals surface area contributed by atoms with Crippen LogP contribution in [0.4, 0.5) is 10.2 Å². The summed E-state index contributed by atoms with van der Waals surface area (Å²) < 4.78 is 13.9. The van der Waals surface area contributed by atoms with E-state index in [2.05, 4.69) is 25.9 Å². The predicted molar refractivity (Wildman–Crippen MR) is 74.5 cm³/mol. The molecule has 18 heavy (non-hydrogen) atoms. The van der Waals surface area contributed by atoms with E-state index in [4.69, 9.17) is 5.73 Å². The van der Waals surface area contributed by atoms with Gasteiger partial charge in [-0.15, -0.1) is 0 Å². The summed E-state index contributed by atoms with van der Waals surface area (Å²) in [5, 5.41) is 0. The summed E-state index contributed by atoms with van der Waals surface area (Å²) in [4.78, 5) is 8.72. The molecule has 92 valence electrons. The Labute approximate surface area is 116 Å². The van der Waals surface area contributed by atoms with Gasteiger partial charge >= 0.3 is 0 Å². The SMILES string of the molecule is Nc1nc(-c2ccc(Br)c(F)c2)nc2c1CSC2. The van der Waals surface area contributed by atoms with Gasteiger partial charge in [-0.2, -0.15) is 11.8 Å². The molecule has 0 spiro atoms. The van der Waals surface area contributed by atoms with Crippen LogP contribution in [0.5, 0.6) is 0 Å². The molecule has 0 radical (unpaired) electrons. The molecule has 0 unspecified atom stereocenters. The second-order valence-electron chi connectivity index (χ2n) is 3.98. The lowest BCUT2D eigenvalue weighted by Gasteiger charge is -2.06. The maximum absolute atomic E-state index is 13.5. The highest BCUT2D eigenvalue weighted by Crippen LogP contribution is 2.33. The lowest BCUT2D eigenvalue weighted by atomic mass is 10.2. The Morgan fingerprint density at radius 2 is 2.11 bits per heavy atom. The molecule has 1 aliphatic rings. The third-order valence-electron chi connectivity index (χ3n) is 2.79. The standard InChI is InChI=1S/C12H9BrFN3S/c13-8-2-1-6(3-9(8)14)12-16-10-5-18-4-7(10)11(15)17-12/h1-3H,4-5H2,(H2,15,16,17). The highest BCUT2D eigenvalue weighted by atomic mass is 79.9. The fourth-order valence-electron chi connectivity index (χ4n) is 1.84. The third kappa shape index (κ3) is 1.99. The minimum atomic E-state index is -0.329. The van der Waals surface area contributed by atoms with Crippen molar-refractivity contribution in [3.63, 3.8) is 0 Å². The summed E-state index contributed by atoms with van der Waals surface area (Å²) >= 11 is 4.88. The van der Waals surface area contributed by atoms with Crippen LogP contribution in [0.1, 0.15) is 11.3 Å². The molecule has 0 bridgehead atoms. The summed E-state index contributed by atoms with van der Waals surface area (Å²) in [7, 11) is 0. The van der Waals surface area contributed by atoms with E-state index in [1.54, 1.807) is 23.9 Å². The minimum absolute atomic E-state index is 0.329. The van der Waals surface area contributed by atoms with Crippen molar-refractivity contribution in [1.29, 1.82) is 0 Å². The molecule has 3 nitrogen and oxygen atoms in total. The first-order chi connectivity index (χ1) is 8.65. The molecule has 1 aliphatic heterocycles. The molecule has 0 aliphatic carbocycles. The highest BCUT2D eigenvalue weighted by molar-refractivity contribution is 9.10. The Morgan fingerprint density at radius 3 is 2.89 bits per heavy atom. The van der Waals surface area contributed by atoms with Gasteiger partial charge in [-0.3, -0.25) is 0 Å². The van der Waals surface area contributed by atoms with Crippen LogP contribution >= 0.6 is 27.7 Å². The fourth-order valence-corrected chi connectivity index (χ4v) is 3.14. The molecule has 0 atom stereocenters. The zero-order valence-electron chi connectivity index (χ0n) is 9.28. The summed E-state index contributed by atoms with van der Waals surface area (Å²) in [6.45, 7) is 0. The fraction of sp³-hybridized carbons (Fsp3) is 0.167. The van der Waals surface area contributed by atoms with Gasteiger partial charge in [0.15, 0.2) is 5.82 Å². The van der Waals surface area contributed by atoms with E-state index >= 15 is 0 Å². The molecule has 2 N–H and O–H groups in total. The van der Waals surface area contributed by atoms with E-state index in [-0.39, 0.29) is 5.82 Å². The van der Waals surface area contributed by atoms with Gasteiger partial charge in [-0.1, -0.05) is 0 Å². The van der Waals surface area contributed by atoms with Gasteiger partial charge in [0, 0.05) is 22.6 Å². The number of nitrogen functional groups attached to an aromatic ring is 1. The monoisotopic (exact) mass is 325 g/mol. The molecule has 1 aromatic carbocycles. The number of hydrogen-bond donors (Lipinski definition) is 1. The number of thioether (sulfide) groups is 1. The number of nitrogens with two attached hydrogens (primary N) is 1. The summed E-state index contributed by atoms with van der Waals surface area (Å²) in [6, 6.07) is 4.83. The number of hydrogen-bond acceptors (Lipinski definition) is 4. The molecule has 0 saturated carbocycles. The number of nitrogens with zero attached hydrogens (tertiary/aromatic N) is 2. The van der Waals surface area contributed by atoms with Crippen molar-refractivity contribution < 1.29 is 4.39 Å². The van der Waals surface area contributed by atoms with Crippen molar-refractivity contribution in [2.24, 2.45) is 0 Å². The van der Waals surface area contributed by atoms with E-state index in [9.17, 15) is 4.39 Å². The second-order valence-corrected chi connectivity index (χ2v) is 5.82. The molecule has 6 heteroatoms. The molecule has 1 aromatic heterocycles. The van der Waals surface area contributed by atoms with Crippen LogP contribution in [0.2, 0.25) is 0 Å². The number of aromatic nitrogens is 2. The van der Waals surface area contributed by atoms with Gasteiger partial charge < -0.3 is 5.73 Å². The number of rotatable bonds is 1. The van der Waals surface area contributed by atoms with Gasteiger partial charge in [0.2, 0.25) is 0 Å². The smallest absolute Gasteiger partial charge is 0.161 e. The lowest BCUT2D eigenvalue weighted by Crippen LogP contribution is -2.02. The number of benzene rings is 1. The highest BCUT2D eigenvalue weighted by Gasteiger charge is 2.19. The van der Waals surface area contributed by atoms with Crippen molar-refractivity contribution in [3.8, 4) is 11.4 Å².